The Morgan fingerprint density at radius 2 is 1.68 bits per heavy atom. The van der Waals surface area contributed by atoms with Gasteiger partial charge in [0.15, 0.2) is 0 Å². The molecule has 0 saturated heterocycles. The van der Waals surface area contributed by atoms with E-state index in [9.17, 15) is 9.32 Å². The molecule has 0 aromatic heterocycles. The molecule has 0 radical (unpaired) electrons. The minimum absolute atomic E-state index is 0.207. The third-order valence-electron chi connectivity index (χ3n) is 5.02. The van der Waals surface area contributed by atoms with Crippen LogP contribution in [0, 0.1) is 6.92 Å². The normalized spacial score (nSPS) is 12.9. The molecule has 0 heterocycles. The summed E-state index contributed by atoms with van der Waals surface area (Å²) in [5.41, 5.74) is 6.04. The third-order valence-corrected chi connectivity index (χ3v) is 6.72. The summed E-state index contributed by atoms with van der Waals surface area (Å²) in [6.07, 6.45) is 3.74. The van der Waals surface area contributed by atoms with Gasteiger partial charge >= 0.3 is 0 Å². The number of aromatic hydroxyl groups is 1. The van der Waals surface area contributed by atoms with Crippen LogP contribution in [0.3, 0.4) is 0 Å². The van der Waals surface area contributed by atoms with E-state index in [1.807, 2.05) is 62.5 Å². The van der Waals surface area contributed by atoms with E-state index >= 15 is 0 Å². The van der Waals surface area contributed by atoms with Gasteiger partial charge in [-0.15, -0.1) is 0 Å². The Morgan fingerprint density at radius 3 is 2.21 bits per heavy atom. The first-order chi connectivity index (χ1) is 16.0. The van der Waals surface area contributed by atoms with E-state index in [1.165, 1.54) is 11.1 Å². The highest BCUT2D eigenvalue weighted by atomic mass is 32.2. The smallest absolute Gasteiger partial charge is 0.123 e. The van der Waals surface area contributed by atoms with Crippen molar-refractivity contribution >= 4 is 27.4 Å². The van der Waals surface area contributed by atoms with Crippen LogP contribution < -0.4 is 10.0 Å². The van der Waals surface area contributed by atoms with Crippen molar-refractivity contribution in [1.29, 1.82) is 0 Å². The van der Waals surface area contributed by atoms with E-state index in [0.29, 0.717) is 23.5 Å². The summed E-state index contributed by atoms with van der Waals surface area (Å²) in [7, 11) is -0.723. The monoisotopic (exact) mass is 481 g/mol. The first-order valence-corrected chi connectivity index (χ1v) is 12.8. The van der Waals surface area contributed by atoms with Gasteiger partial charge < -0.3 is 10.4 Å². The lowest BCUT2D eigenvalue weighted by atomic mass is 10.1. The van der Waals surface area contributed by atoms with Gasteiger partial charge in [0.1, 0.15) is 5.75 Å². The van der Waals surface area contributed by atoms with Gasteiger partial charge in [-0.2, -0.15) is 0 Å². The number of allylic oxidation sites excluding steroid dienone is 5. The maximum atomic E-state index is 12.6. The Balaban J connectivity index is 0.000000620. The van der Waals surface area contributed by atoms with Crippen molar-refractivity contribution in [2.75, 3.05) is 20.1 Å². The van der Waals surface area contributed by atoms with Crippen LogP contribution in [0.2, 0.25) is 0 Å². The first kappa shape index (κ1) is 28.9. The average molecular weight is 482 g/mol. The second kappa shape index (κ2) is 14.2. The van der Waals surface area contributed by atoms with E-state index in [-0.39, 0.29) is 5.75 Å². The van der Waals surface area contributed by atoms with Crippen LogP contribution in [0.25, 0.3) is 5.57 Å². The molecule has 0 saturated carbocycles. The van der Waals surface area contributed by atoms with Crippen molar-refractivity contribution in [1.82, 2.24) is 10.0 Å². The molecule has 0 aliphatic rings. The van der Waals surface area contributed by atoms with Crippen LogP contribution in [-0.2, 0) is 9.71 Å². The second-order valence-corrected chi connectivity index (χ2v) is 10.4. The number of para-hydroxylation sites is 1. The SMILES string of the molecule is C=C(/C=C(\C)NCCNS(=C)(=O)c1ccc(C)cc1)c1ccccc1O.CN=CC(C)=C(C)C. The van der Waals surface area contributed by atoms with Crippen LogP contribution in [0.1, 0.15) is 38.8 Å². The largest absolute Gasteiger partial charge is 0.507 e. The van der Waals surface area contributed by atoms with Crippen molar-refractivity contribution in [2.24, 2.45) is 4.99 Å². The quantitative estimate of drug-likeness (QED) is 0.191. The Hall–Kier alpha value is -3.09. The number of phenols is 1. The molecule has 1 unspecified atom stereocenters. The zero-order valence-electron chi connectivity index (χ0n) is 21.3. The fourth-order valence-electron chi connectivity index (χ4n) is 2.78. The van der Waals surface area contributed by atoms with Gasteiger partial charge in [0, 0.05) is 42.5 Å². The Morgan fingerprint density at radius 1 is 1.06 bits per heavy atom. The lowest BCUT2D eigenvalue weighted by Gasteiger charge is -2.13. The molecule has 3 N–H and O–H groups in total. The van der Waals surface area contributed by atoms with Gasteiger partial charge in [0.25, 0.3) is 0 Å². The molecular formula is C28H39N3O2S. The predicted octanol–water partition coefficient (Wildman–Crippen LogP) is 5.53. The number of nitrogens with zero attached hydrogens (tertiary/aromatic N) is 1. The highest BCUT2D eigenvalue weighted by Crippen LogP contribution is 2.24. The van der Waals surface area contributed by atoms with Crippen LogP contribution >= 0.6 is 0 Å². The van der Waals surface area contributed by atoms with Crippen LogP contribution in [0.15, 0.2) is 87.9 Å². The number of benzene rings is 2. The first-order valence-electron chi connectivity index (χ1n) is 11.1. The summed E-state index contributed by atoms with van der Waals surface area (Å²) in [4.78, 5) is 4.57. The molecule has 0 fully saturated rings. The number of rotatable bonds is 9. The highest BCUT2D eigenvalue weighted by molar-refractivity contribution is 7.98. The molecule has 2 aromatic rings. The van der Waals surface area contributed by atoms with Crippen LogP contribution in [0.4, 0.5) is 0 Å². The zero-order valence-corrected chi connectivity index (χ0v) is 22.1. The number of aliphatic imine (C=N–C) groups is 1. The fourth-order valence-corrected chi connectivity index (χ4v) is 3.95. The Kier molecular flexibility index (Phi) is 12.1. The average Bonchev–Trinajstić information content (AvgIpc) is 2.78. The summed E-state index contributed by atoms with van der Waals surface area (Å²) in [5, 5.41) is 13.1. The third kappa shape index (κ3) is 10.2. The number of phenolic OH excluding ortho intramolecular Hbond substituents is 1. The van der Waals surface area contributed by atoms with E-state index in [4.69, 9.17) is 0 Å². The molecule has 1 atom stereocenters. The standard InChI is InChI=1S/C21H26N2O2S.C7H13N/c1-16-9-11-19(12-10-16)26(4,25)23-14-13-22-18(3)15-17(2)20-7-5-6-8-21(20)24;1-6(2)7(3)5-8-4/h5-12,15,22,24H,2,4,13-14H2,1,3H3,(H,23,25);5H,1-4H3/b18-15+;. The summed E-state index contributed by atoms with van der Waals surface area (Å²) in [6, 6.07) is 14.6. The van der Waals surface area contributed by atoms with E-state index in [2.05, 4.69) is 48.3 Å². The maximum Gasteiger partial charge on any atom is 0.123 e. The molecule has 0 bridgehead atoms. The molecule has 6 heteroatoms. The van der Waals surface area contributed by atoms with Gasteiger partial charge in [0.2, 0.25) is 0 Å². The van der Waals surface area contributed by atoms with Crippen molar-refractivity contribution < 1.29 is 9.32 Å². The molecular weight excluding hydrogens is 442 g/mol. The van der Waals surface area contributed by atoms with Crippen molar-refractivity contribution in [3.05, 3.63) is 89.2 Å². The molecule has 2 rings (SSSR count). The second-order valence-electron chi connectivity index (χ2n) is 8.25. The molecule has 0 amide bonds. The zero-order chi connectivity index (χ0) is 25.7. The molecule has 2 aromatic carbocycles. The van der Waals surface area contributed by atoms with Crippen molar-refractivity contribution in [3.63, 3.8) is 0 Å². The van der Waals surface area contributed by atoms with Crippen molar-refractivity contribution in [3.8, 4) is 5.75 Å². The topological polar surface area (TPSA) is 73.7 Å². The van der Waals surface area contributed by atoms with Crippen LogP contribution in [0.5, 0.6) is 5.75 Å². The Bertz CT molecular complexity index is 1140. The van der Waals surface area contributed by atoms with Gasteiger partial charge in [-0.1, -0.05) is 48.0 Å². The number of nitrogens with one attached hydrogen (secondary N) is 2. The molecule has 0 aliphatic carbocycles. The number of hydrogen-bond donors (Lipinski definition) is 3. The maximum absolute atomic E-state index is 12.6. The summed E-state index contributed by atoms with van der Waals surface area (Å²) < 4.78 is 15.6. The van der Waals surface area contributed by atoms with Crippen LogP contribution in [-0.4, -0.2) is 41.5 Å². The molecule has 184 valence electrons. The Labute approximate surface area is 206 Å². The molecule has 5 nitrogen and oxygen atoms in total. The summed E-state index contributed by atoms with van der Waals surface area (Å²) in [6.45, 7) is 15.2. The number of hydrogen-bond acceptors (Lipinski definition) is 4. The van der Waals surface area contributed by atoms with E-state index < -0.39 is 9.71 Å². The van der Waals surface area contributed by atoms with Gasteiger partial charge in [0.05, 0.1) is 9.71 Å². The lowest BCUT2D eigenvalue weighted by molar-refractivity contribution is 0.474. The summed E-state index contributed by atoms with van der Waals surface area (Å²) in [5.74, 6) is 4.02. The molecule has 0 spiro atoms. The number of aryl methyl sites for hydroxylation is 1. The van der Waals surface area contributed by atoms with Gasteiger partial charge in [-0.3, -0.25) is 4.99 Å². The lowest BCUT2D eigenvalue weighted by Crippen LogP contribution is -2.31. The molecule has 34 heavy (non-hydrogen) atoms. The van der Waals surface area contributed by atoms with Gasteiger partial charge in [-0.25, -0.2) is 8.93 Å². The van der Waals surface area contributed by atoms with E-state index in [0.717, 1.165) is 16.8 Å². The summed E-state index contributed by atoms with van der Waals surface area (Å²) >= 11 is 0. The van der Waals surface area contributed by atoms with Gasteiger partial charge in [-0.05, 0) is 75.9 Å². The minimum atomic E-state index is -2.51. The van der Waals surface area contributed by atoms with Crippen molar-refractivity contribution in [2.45, 2.75) is 39.5 Å². The minimum Gasteiger partial charge on any atom is -0.507 e. The highest BCUT2D eigenvalue weighted by Gasteiger charge is 2.06. The predicted molar refractivity (Wildman–Crippen MR) is 150 cm³/mol. The molecule has 0 aliphatic heterocycles. The van der Waals surface area contributed by atoms with E-state index in [1.54, 1.807) is 19.2 Å². The fraction of sp³-hybridized carbons (Fsp3) is 0.286.